The molecule has 1 N–H and O–H groups in total. The average molecular weight is 351 g/mol. The lowest BCUT2D eigenvalue weighted by Gasteiger charge is -2.18. The van der Waals surface area contributed by atoms with Gasteiger partial charge >= 0.3 is 0 Å². The summed E-state index contributed by atoms with van der Waals surface area (Å²) in [4.78, 5) is 13.6. The number of carbonyl (C=O) groups is 1. The molecular formula is C17H21NO3S2. The second kappa shape index (κ2) is 6.09. The van der Waals surface area contributed by atoms with E-state index in [1.165, 1.54) is 11.3 Å². The molecule has 1 aromatic carbocycles. The molecule has 0 aliphatic carbocycles. The molecule has 0 bridgehead atoms. The monoisotopic (exact) mass is 351 g/mol. The van der Waals surface area contributed by atoms with Gasteiger partial charge in [-0.15, -0.1) is 11.3 Å². The third kappa shape index (κ3) is 3.82. The fourth-order valence-electron chi connectivity index (χ4n) is 2.11. The van der Waals surface area contributed by atoms with Gasteiger partial charge in [-0.1, -0.05) is 38.5 Å². The molecular weight excluding hydrogens is 330 g/mol. The predicted molar refractivity (Wildman–Crippen MR) is 94.8 cm³/mol. The number of ketones is 1. The quantitative estimate of drug-likeness (QED) is 0.831. The summed E-state index contributed by atoms with van der Waals surface area (Å²) in [6.07, 6.45) is 0. The molecule has 0 amide bonds. The number of benzene rings is 1. The molecule has 2 aromatic rings. The summed E-state index contributed by atoms with van der Waals surface area (Å²) in [5, 5.41) is 1.68. The minimum Gasteiger partial charge on any atom is -0.293 e. The number of hydrogen-bond acceptors (Lipinski definition) is 4. The molecule has 0 aliphatic rings. The minimum atomic E-state index is -3.71. The summed E-state index contributed by atoms with van der Waals surface area (Å²) in [7, 11) is -3.71. The van der Waals surface area contributed by atoms with Crippen LogP contribution >= 0.6 is 11.3 Å². The van der Waals surface area contributed by atoms with Crippen LogP contribution in [0.1, 0.15) is 41.6 Å². The number of nitrogens with one attached hydrogen (secondary N) is 1. The molecule has 0 radical (unpaired) electrons. The number of hydrogen-bond donors (Lipinski definition) is 1. The van der Waals surface area contributed by atoms with Crippen molar-refractivity contribution in [2.45, 2.75) is 39.5 Å². The third-order valence-electron chi connectivity index (χ3n) is 3.46. The molecule has 0 saturated carbocycles. The van der Waals surface area contributed by atoms with Crippen LogP contribution in [0, 0.1) is 19.3 Å². The van der Waals surface area contributed by atoms with Crippen LogP contribution in [0.4, 0.5) is 5.69 Å². The SMILES string of the molecule is Cc1ccc(S(=O)(=O)Nc2csc(C)c2C(=O)C(C)(C)C)cc1. The fourth-order valence-corrected chi connectivity index (χ4v) is 4.04. The maximum Gasteiger partial charge on any atom is 0.261 e. The molecule has 0 unspecified atom stereocenters. The normalized spacial score (nSPS) is 12.2. The highest BCUT2D eigenvalue weighted by Gasteiger charge is 2.29. The highest BCUT2D eigenvalue weighted by Crippen LogP contribution is 2.34. The van der Waals surface area contributed by atoms with Gasteiger partial charge in [0.1, 0.15) is 0 Å². The van der Waals surface area contributed by atoms with Crippen LogP contribution in [0.2, 0.25) is 0 Å². The summed E-state index contributed by atoms with van der Waals surface area (Å²) in [5.41, 5.74) is 1.22. The number of aryl methyl sites for hydroxylation is 2. The van der Waals surface area contributed by atoms with Crippen LogP contribution < -0.4 is 4.72 Å². The van der Waals surface area contributed by atoms with E-state index in [9.17, 15) is 13.2 Å². The predicted octanol–water partition coefficient (Wildman–Crippen LogP) is 4.39. The van der Waals surface area contributed by atoms with Gasteiger partial charge in [-0.2, -0.15) is 0 Å². The van der Waals surface area contributed by atoms with Gasteiger partial charge in [0.05, 0.1) is 16.1 Å². The van der Waals surface area contributed by atoms with E-state index >= 15 is 0 Å². The van der Waals surface area contributed by atoms with Crippen LogP contribution in [0.3, 0.4) is 0 Å². The first kappa shape index (κ1) is 17.7. The van der Waals surface area contributed by atoms with Crippen molar-refractivity contribution < 1.29 is 13.2 Å². The number of anilines is 1. The largest absolute Gasteiger partial charge is 0.293 e. The lowest BCUT2D eigenvalue weighted by Crippen LogP contribution is -2.22. The summed E-state index contributed by atoms with van der Waals surface area (Å²) < 4.78 is 27.6. The Kier molecular flexibility index (Phi) is 4.69. The van der Waals surface area contributed by atoms with Gasteiger partial charge in [-0.3, -0.25) is 9.52 Å². The topological polar surface area (TPSA) is 63.2 Å². The zero-order valence-electron chi connectivity index (χ0n) is 13.9. The van der Waals surface area contributed by atoms with Gasteiger partial charge in [0.15, 0.2) is 5.78 Å². The van der Waals surface area contributed by atoms with Gasteiger partial charge in [0.25, 0.3) is 10.0 Å². The van der Waals surface area contributed by atoms with E-state index in [1.807, 2.05) is 34.6 Å². The number of sulfonamides is 1. The maximum absolute atomic E-state index is 12.6. The Morgan fingerprint density at radius 1 is 1.09 bits per heavy atom. The first-order chi connectivity index (χ1) is 10.5. The fraction of sp³-hybridized carbons (Fsp3) is 0.353. The molecule has 4 nitrogen and oxygen atoms in total. The van der Waals surface area contributed by atoms with Crippen LogP contribution in [0.15, 0.2) is 34.5 Å². The van der Waals surface area contributed by atoms with Crippen molar-refractivity contribution >= 4 is 32.8 Å². The Morgan fingerprint density at radius 3 is 2.17 bits per heavy atom. The van der Waals surface area contributed by atoms with Crippen LogP contribution in [-0.4, -0.2) is 14.2 Å². The van der Waals surface area contributed by atoms with Crippen molar-refractivity contribution in [2.24, 2.45) is 5.41 Å². The molecule has 6 heteroatoms. The lowest BCUT2D eigenvalue weighted by molar-refractivity contribution is 0.0859. The molecule has 0 fully saturated rings. The highest BCUT2D eigenvalue weighted by atomic mass is 32.2. The highest BCUT2D eigenvalue weighted by molar-refractivity contribution is 7.92. The standard InChI is InChI=1S/C17H21NO3S2/c1-11-6-8-13(9-7-11)23(20,21)18-14-10-22-12(2)15(14)16(19)17(3,4)5/h6-10,18H,1-5H3. The summed E-state index contributed by atoms with van der Waals surface area (Å²) >= 11 is 1.37. The molecule has 0 atom stereocenters. The van der Waals surface area contributed by atoms with E-state index in [2.05, 4.69) is 4.72 Å². The van der Waals surface area contributed by atoms with Crippen molar-refractivity contribution in [3.63, 3.8) is 0 Å². The second-order valence-electron chi connectivity index (χ2n) is 6.58. The van der Waals surface area contributed by atoms with Crippen molar-refractivity contribution in [1.29, 1.82) is 0 Å². The van der Waals surface area contributed by atoms with Crippen molar-refractivity contribution in [2.75, 3.05) is 4.72 Å². The first-order valence-electron chi connectivity index (χ1n) is 7.25. The minimum absolute atomic E-state index is 0.0714. The summed E-state index contributed by atoms with van der Waals surface area (Å²) in [6, 6.07) is 6.60. The van der Waals surface area contributed by atoms with E-state index < -0.39 is 15.4 Å². The Balaban J connectivity index is 2.41. The smallest absolute Gasteiger partial charge is 0.261 e. The van der Waals surface area contributed by atoms with Crippen molar-refractivity contribution in [3.05, 3.63) is 45.6 Å². The first-order valence-corrected chi connectivity index (χ1v) is 9.61. The maximum atomic E-state index is 12.6. The Bertz CT molecular complexity index is 826. The van der Waals surface area contributed by atoms with E-state index in [4.69, 9.17) is 0 Å². The van der Waals surface area contributed by atoms with Crippen molar-refractivity contribution in [1.82, 2.24) is 0 Å². The molecule has 0 spiro atoms. The summed E-state index contributed by atoms with van der Waals surface area (Å²) in [6.45, 7) is 9.19. The van der Waals surface area contributed by atoms with Crippen LogP contribution in [-0.2, 0) is 10.0 Å². The molecule has 0 aliphatic heterocycles. The molecule has 1 aromatic heterocycles. The van der Waals surface area contributed by atoms with Gasteiger partial charge in [-0.25, -0.2) is 8.42 Å². The third-order valence-corrected chi connectivity index (χ3v) is 5.75. The number of carbonyl (C=O) groups excluding carboxylic acids is 1. The average Bonchev–Trinajstić information content (AvgIpc) is 2.77. The summed E-state index contributed by atoms with van der Waals surface area (Å²) in [5.74, 6) is -0.0714. The Hall–Kier alpha value is -1.66. The van der Waals surface area contributed by atoms with E-state index in [-0.39, 0.29) is 10.7 Å². The molecule has 1 heterocycles. The number of Topliss-reactive ketones (excluding diaryl/α,β-unsaturated/α-hetero) is 1. The van der Waals surface area contributed by atoms with Crippen LogP contribution in [0.5, 0.6) is 0 Å². The molecule has 124 valence electrons. The second-order valence-corrected chi connectivity index (χ2v) is 9.34. The lowest BCUT2D eigenvalue weighted by atomic mass is 9.86. The van der Waals surface area contributed by atoms with Gasteiger partial charge in [0.2, 0.25) is 0 Å². The van der Waals surface area contributed by atoms with E-state index in [0.717, 1.165) is 10.4 Å². The number of rotatable bonds is 4. The van der Waals surface area contributed by atoms with Gasteiger partial charge < -0.3 is 0 Å². The van der Waals surface area contributed by atoms with Gasteiger partial charge in [0, 0.05) is 15.7 Å². The molecule has 2 rings (SSSR count). The van der Waals surface area contributed by atoms with Gasteiger partial charge in [-0.05, 0) is 26.0 Å². The zero-order chi connectivity index (χ0) is 17.4. The molecule has 23 heavy (non-hydrogen) atoms. The Labute approximate surface area is 141 Å². The van der Waals surface area contributed by atoms with E-state index in [1.54, 1.807) is 29.6 Å². The van der Waals surface area contributed by atoms with E-state index in [0.29, 0.717) is 11.3 Å². The zero-order valence-corrected chi connectivity index (χ0v) is 15.6. The number of thiophene rings is 1. The van der Waals surface area contributed by atoms with Crippen LogP contribution in [0.25, 0.3) is 0 Å². The van der Waals surface area contributed by atoms with Crippen molar-refractivity contribution in [3.8, 4) is 0 Å². The Morgan fingerprint density at radius 2 is 1.65 bits per heavy atom. The molecule has 0 saturated heterocycles.